The van der Waals surface area contributed by atoms with Crippen molar-refractivity contribution in [3.8, 4) is 0 Å². The van der Waals surface area contributed by atoms with Crippen molar-refractivity contribution in [2.24, 2.45) is 5.92 Å². The first-order valence-corrected chi connectivity index (χ1v) is 5.01. The maximum atomic E-state index is 9.16. The zero-order chi connectivity index (χ0) is 10.6. The van der Waals surface area contributed by atoms with Gasteiger partial charge >= 0.3 is 0 Å². The van der Waals surface area contributed by atoms with E-state index in [0.29, 0.717) is 5.92 Å². The number of hydrogen-bond acceptors (Lipinski definition) is 1. The molecular formula is C13H18O. The first-order valence-electron chi connectivity index (χ1n) is 5.01. The van der Waals surface area contributed by atoms with E-state index in [1.54, 1.807) is 0 Å². The molecule has 0 unspecified atom stereocenters. The van der Waals surface area contributed by atoms with Gasteiger partial charge in [-0.05, 0) is 24.0 Å². The quantitative estimate of drug-likeness (QED) is 0.776. The molecule has 1 N–H and O–H groups in total. The van der Waals surface area contributed by atoms with E-state index in [-0.39, 0.29) is 6.61 Å². The van der Waals surface area contributed by atoms with E-state index in [4.69, 9.17) is 5.11 Å². The van der Waals surface area contributed by atoms with Crippen molar-refractivity contribution in [2.75, 3.05) is 6.61 Å². The molecule has 0 aliphatic heterocycles. The highest BCUT2D eigenvalue weighted by atomic mass is 16.3. The summed E-state index contributed by atoms with van der Waals surface area (Å²) < 4.78 is 0. The molecular weight excluding hydrogens is 172 g/mol. The predicted octanol–water partition coefficient (Wildman–Crippen LogP) is 3.03. The second-order valence-corrected chi connectivity index (χ2v) is 3.95. The average molecular weight is 190 g/mol. The molecule has 0 aromatic heterocycles. The number of benzene rings is 1. The lowest BCUT2D eigenvalue weighted by Crippen LogP contribution is -1.98. The van der Waals surface area contributed by atoms with Gasteiger partial charge in [0.1, 0.15) is 0 Å². The standard InChI is InChI=1S/C13H18O/c1-10(2)13(9-14)8-12-6-4-5-11(3)7-12/h4-8,10,14H,9H2,1-3H3/b13-8+. The van der Waals surface area contributed by atoms with Gasteiger partial charge in [0.15, 0.2) is 0 Å². The van der Waals surface area contributed by atoms with Crippen LogP contribution in [0.5, 0.6) is 0 Å². The van der Waals surface area contributed by atoms with E-state index in [9.17, 15) is 0 Å². The largest absolute Gasteiger partial charge is 0.392 e. The monoisotopic (exact) mass is 190 g/mol. The van der Waals surface area contributed by atoms with E-state index in [2.05, 4.69) is 45.0 Å². The summed E-state index contributed by atoms with van der Waals surface area (Å²) in [5, 5.41) is 9.16. The molecule has 0 bridgehead atoms. The molecule has 0 heterocycles. The van der Waals surface area contributed by atoms with Crippen LogP contribution in [-0.4, -0.2) is 11.7 Å². The zero-order valence-corrected chi connectivity index (χ0v) is 9.12. The van der Waals surface area contributed by atoms with Crippen LogP contribution in [0.15, 0.2) is 29.8 Å². The number of aliphatic hydroxyl groups excluding tert-OH is 1. The Labute approximate surface area is 86.1 Å². The van der Waals surface area contributed by atoms with Gasteiger partial charge in [0.2, 0.25) is 0 Å². The lowest BCUT2D eigenvalue weighted by molar-refractivity contribution is 0.320. The lowest BCUT2D eigenvalue weighted by Gasteiger charge is -2.08. The van der Waals surface area contributed by atoms with Gasteiger partial charge in [-0.15, -0.1) is 0 Å². The summed E-state index contributed by atoms with van der Waals surface area (Å²) >= 11 is 0. The summed E-state index contributed by atoms with van der Waals surface area (Å²) in [6.45, 7) is 6.41. The Morgan fingerprint density at radius 3 is 2.64 bits per heavy atom. The summed E-state index contributed by atoms with van der Waals surface area (Å²) in [5.41, 5.74) is 3.50. The minimum atomic E-state index is 0.144. The van der Waals surface area contributed by atoms with Crippen molar-refractivity contribution in [1.29, 1.82) is 0 Å². The second-order valence-electron chi connectivity index (χ2n) is 3.95. The molecule has 0 saturated heterocycles. The lowest BCUT2D eigenvalue weighted by atomic mass is 10.0. The molecule has 0 fully saturated rings. The third-order valence-corrected chi connectivity index (χ3v) is 2.32. The summed E-state index contributed by atoms with van der Waals surface area (Å²) in [5.74, 6) is 0.403. The molecule has 0 radical (unpaired) electrons. The number of hydrogen-bond donors (Lipinski definition) is 1. The highest BCUT2D eigenvalue weighted by Gasteiger charge is 2.01. The molecule has 1 aromatic rings. The predicted molar refractivity (Wildman–Crippen MR) is 61.1 cm³/mol. The first-order chi connectivity index (χ1) is 6.63. The van der Waals surface area contributed by atoms with Crippen LogP contribution in [0.25, 0.3) is 6.08 Å². The van der Waals surface area contributed by atoms with Crippen LogP contribution in [0.4, 0.5) is 0 Å². The number of aliphatic hydroxyl groups is 1. The minimum absolute atomic E-state index is 0.144. The Kier molecular flexibility index (Phi) is 3.90. The molecule has 0 amide bonds. The van der Waals surface area contributed by atoms with Gasteiger partial charge in [-0.1, -0.05) is 49.8 Å². The fourth-order valence-electron chi connectivity index (χ4n) is 1.37. The fourth-order valence-corrected chi connectivity index (χ4v) is 1.37. The van der Waals surface area contributed by atoms with Gasteiger partial charge in [0, 0.05) is 0 Å². The number of aryl methyl sites for hydroxylation is 1. The molecule has 1 aromatic carbocycles. The Balaban J connectivity index is 2.94. The molecule has 76 valence electrons. The van der Waals surface area contributed by atoms with E-state index >= 15 is 0 Å². The van der Waals surface area contributed by atoms with Crippen molar-refractivity contribution < 1.29 is 5.11 Å². The first kappa shape index (κ1) is 11.0. The van der Waals surface area contributed by atoms with Crippen molar-refractivity contribution in [2.45, 2.75) is 20.8 Å². The van der Waals surface area contributed by atoms with Crippen molar-refractivity contribution in [3.05, 3.63) is 41.0 Å². The third-order valence-electron chi connectivity index (χ3n) is 2.32. The molecule has 0 aliphatic rings. The highest BCUT2D eigenvalue weighted by Crippen LogP contribution is 2.14. The Morgan fingerprint density at radius 1 is 1.43 bits per heavy atom. The molecule has 0 spiro atoms. The van der Waals surface area contributed by atoms with Gasteiger partial charge in [-0.3, -0.25) is 0 Å². The Bertz CT molecular complexity index is 324. The summed E-state index contributed by atoms with van der Waals surface area (Å²) in [6, 6.07) is 8.30. The van der Waals surface area contributed by atoms with Crippen LogP contribution in [-0.2, 0) is 0 Å². The van der Waals surface area contributed by atoms with Gasteiger partial charge in [-0.25, -0.2) is 0 Å². The van der Waals surface area contributed by atoms with Gasteiger partial charge in [0.25, 0.3) is 0 Å². The fraction of sp³-hybridized carbons (Fsp3) is 0.385. The van der Waals surface area contributed by atoms with Crippen molar-refractivity contribution in [3.63, 3.8) is 0 Å². The molecule has 1 nitrogen and oxygen atoms in total. The summed E-state index contributed by atoms with van der Waals surface area (Å²) in [4.78, 5) is 0. The molecule has 0 saturated carbocycles. The van der Waals surface area contributed by atoms with Crippen LogP contribution in [0.3, 0.4) is 0 Å². The molecule has 0 atom stereocenters. The smallest absolute Gasteiger partial charge is 0.0647 e. The van der Waals surface area contributed by atoms with Crippen LogP contribution in [0, 0.1) is 12.8 Å². The van der Waals surface area contributed by atoms with Crippen LogP contribution in [0.1, 0.15) is 25.0 Å². The average Bonchev–Trinajstić information content (AvgIpc) is 2.14. The van der Waals surface area contributed by atoms with E-state index in [0.717, 1.165) is 5.57 Å². The normalized spacial score (nSPS) is 12.2. The maximum Gasteiger partial charge on any atom is 0.0647 e. The molecule has 0 aliphatic carbocycles. The summed E-state index contributed by atoms with van der Waals surface area (Å²) in [7, 11) is 0. The van der Waals surface area contributed by atoms with Crippen molar-refractivity contribution in [1.82, 2.24) is 0 Å². The number of rotatable bonds is 3. The van der Waals surface area contributed by atoms with Gasteiger partial charge in [0.05, 0.1) is 6.61 Å². The maximum absolute atomic E-state index is 9.16. The Hall–Kier alpha value is -1.08. The van der Waals surface area contributed by atoms with Crippen LogP contribution < -0.4 is 0 Å². The summed E-state index contributed by atoms with van der Waals surface area (Å²) in [6.07, 6.45) is 2.07. The van der Waals surface area contributed by atoms with Gasteiger partial charge in [-0.2, -0.15) is 0 Å². The van der Waals surface area contributed by atoms with E-state index in [1.807, 2.05) is 6.07 Å². The van der Waals surface area contributed by atoms with E-state index in [1.165, 1.54) is 11.1 Å². The van der Waals surface area contributed by atoms with E-state index < -0.39 is 0 Å². The van der Waals surface area contributed by atoms with Crippen molar-refractivity contribution >= 4 is 6.08 Å². The molecule has 14 heavy (non-hydrogen) atoms. The topological polar surface area (TPSA) is 20.2 Å². The zero-order valence-electron chi connectivity index (χ0n) is 9.12. The van der Waals surface area contributed by atoms with Crippen LogP contribution >= 0.6 is 0 Å². The minimum Gasteiger partial charge on any atom is -0.392 e. The highest BCUT2D eigenvalue weighted by molar-refractivity contribution is 5.54. The molecule has 1 heteroatoms. The third kappa shape index (κ3) is 3.00. The van der Waals surface area contributed by atoms with Crippen LogP contribution in [0.2, 0.25) is 0 Å². The second kappa shape index (κ2) is 4.97. The SMILES string of the molecule is Cc1cccc(/C=C(\CO)C(C)C)c1. The Morgan fingerprint density at radius 2 is 2.14 bits per heavy atom. The molecule has 1 rings (SSSR count). The van der Waals surface area contributed by atoms with Gasteiger partial charge < -0.3 is 5.11 Å².